The number of aromatic nitrogens is 2. The molecule has 0 saturated heterocycles. The molecule has 326 valence electrons. The highest BCUT2D eigenvalue weighted by atomic mass is 15.1. The van der Waals surface area contributed by atoms with Crippen LogP contribution in [0.3, 0.4) is 0 Å². The van der Waals surface area contributed by atoms with E-state index in [-0.39, 0.29) is 0 Å². The third-order valence-electron chi connectivity index (χ3n) is 15.3. The van der Waals surface area contributed by atoms with Crippen molar-refractivity contribution in [3.8, 4) is 44.8 Å². The van der Waals surface area contributed by atoms with E-state index in [1.54, 1.807) is 0 Å². The minimum atomic E-state index is -0.434. The summed E-state index contributed by atoms with van der Waals surface area (Å²) in [6.45, 7) is 0. The van der Waals surface area contributed by atoms with Crippen molar-refractivity contribution in [3.63, 3.8) is 0 Å². The standard InChI is InChI=1S/C67H43N3/c1-2-17-49(18-3-1)70-64-27-13-9-23-57(64)58-41-47-39-40-68(65(47)43-66(58)70)48-33-29-44(30-34-48)45-31-35-50(36-32-45)69(63-28-14-16-46-15-4-5-19-52(46)63)51-37-38-56-55-22-8-12-26-61(55)67(62(56)42-51)59-24-10-6-20-53(59)54-21-7-11-25-60(54)67/h1-43H. The van der Waals surface area contributed by atoms with Gasteiger partial charge in [0.15, 0.2) is 0 Å². The SMILES string of the molecule is c1ccc(-n2c3ccccc3c3cc4ccn(-c5ccc(-c6ccc(N(c7ccc8c(c7)C7(c9ccccc9-c9ccccc97)c7ccccc7-8)c7cccc8ccccc78)cc6)cc5)c4cc32)cc1. The Kier molecular flexibility index (Phi) is 8.28. The zero-order chi connectivity index (χ0) is 45.9. The summed E-state index contributed by atoms with van der Waals surface area (Å²) in [7, 11) is 0. The highest BCUT2D eigenvalue weighted by Gasteiger charge is 2.51. The molecule has 1 spiro atoms. The van der Waals surface area contributed by atoms with Crippen molar-refractivity contribution in [1.29, 1.82) is 0 Å². The highest BCUT2D eigenvalue weighted by Crippen LogP contribution is 2.63. The molecular weight excluding hydrogens is 847 g/mol. The van der Waals surface area contributed by atoms with Crippen LogP contribution >= 0.6 is 0 Å². The smallest absolute Gasteiger partial charge is 0.0726 e. The first kappa shape index (κ1) is 38.9. The summed E-state index contributed by atoms with van der Waals surface area (Å²) in [5.74, 6) is 0. The minimum Gasteiger partial charge on any atom is -0.316 e. The van der Waals surface area contributed by atoms with E-state index in [0.29, 0.717) is 0 Å². The van der Waals surface area contributed by atoms with Crippen LogP contribution in [0, 0.1) is 0 Å². The van der Waals surface area contributed by atoms with Gasteiger partial charge >= 0.3 is 0 Å². The maximum absolute atomic E-state index is 2.49. The Labute approximate surface area is 406 Å². The predicted molar refractivity (Wildman–Crippen MR) is 292 cm³/mol. The third-order valence-corrected chi connectivity index (χ3v) is 15.3. The fourth-order valence-electron chi connectivity index (χ4n) is 12.3. The second-order valence-corrected chi connectivity index (χ2v) is 18.8. The molecule has 2 aliphatic carbocycles. The van der Waals surface area contributed by atoms with Gasteiger partial charge in [0.1, 0.15) is 0 Å². The molecule has 2 aliphatic rings. The molecule has 3 nitrogen and oxygen atoms in total. The molecule has 0 unspecified atom stereocenters. The fraction of sp³-hybridized carbons (Fsp3) is 0.0149. The summed E-state index contributed by atoms with van der Waals surface area (Å²) in [5.41, 5.74) is 21.8. The lowest BCUT2D eigenvalue weighted by atomic mass is 9.70. The number of hydrogen-bond acceptors (Lipinski definition) is 1. The molecule has 0 atom stereocenters. The summed E-state index contributed by atoms with van der Waals surface area (Å²) >= 11 is 0. The van der Waals surface area contributed by atoms with E-state index in [1.807, 2.05) is 0 Å². The number of fused-ring (bicyclic) bond motifs is 15. The summed E-state index contributed by atoms with van der Waals surface area (Å²) in [6, 6.07) is 94.3. The highest BCUT2D eigenvalue weighted by molar-refractivity contribution is 6.13. The molecule has 0 fully saturated rings. The van der Waals surface area contributed by atoms with Crippen molar-refractivity contribution in [2.24, 2.45) is 0 Å². The largest absolute Gasteiger partial charge is 0.316 e. The lowest BCUT2D eigenvalue weighted by molar-refractivity contribution is 0.793. The van der Waals surface area contributed by atoms with Gasteiger partial charge in [-0.15, -0.1) is 0 Å². The lowest BCUT2D eigenvalue weighted by Crippen LogP contribution is -2.26. The number of benzene rings is 11. The monoisotopic (exact) mass is 889 g/mol. The number of anilines is 3. The number of para-hydroxylation sites is 2. The zero-order valence-electron chi connectivity index (χ0n) is 38.2. The van der Waals surface area contributed by atoms with Crippen molar-refractivity contribution in [2.45, 2.75) is 5.41 Å². The van der Waals surface area contributed by atoms with Crippen molar-refractivity contribution < 1.29 is 0 Å². The molecule has 0 bridgehead atoms. The van der Waals surface area contributed by atoms with Crippen molar-refractivity contribution in [3.05, 3.63) is 283 Å². The van der Waals surface area contributed by atoms with E-state index in [1.165, 1.54) is 99.1 Å². The second kappa shape index (κ2) is 14.9. The predicted octanol–water partition coefficient (Wildman–Crippen LogP) is 17.4. The van der Waals surface area contributed by atoms with Crippen LogP contribution < -0.4 is 4.90 Å². The topological polar surface area (TPSA) is 13.1 Å². The summed E-state index contributed by atoms with van der Waals surface area (Å²) in [6.07, 6.45) is 2.20. The van der Waals surface area contributed by atoms with Gasteiger partial charge in [-0.2, -0.15) is 0 Å². The molecule has 11 aromatic carbocycles. The van der Waals surface area contributed by atoms with Crippen LogP contribution in [-0.4, -0.2) is 9.13 Å². The maximum Gasteiger partial charge on any atom is 0.0726 e. The van der Waals surface area contributed by atoms with Gasteiger partial charge in [-0.05, 0) is 140 Å². The molecule has 3 heteroatoms. The first-order valence-corrected chi connectivity index (χ1v) is 24.2. The van der Waals surface area contributed by atoms with Gasteiger partial charge in [0.2, 0.25) is 0 Å². The molecule has 0 N–H and O–H groups in total. The maximum atomic E-state index is 2.49. The molecule has 13 aromatic rings. The zero-order valence-corrected chi connectivity index (χ0v) is 38.2. The Morgan fingerprint density at radius 3 is 1.60 bits per heavy atom. The lowest BCUT2D eigenvalue weighted by Gasteiger charge is -2.32. The molecular formula is C67H43N3. The average Bonchev–Trinajstić information content (AvgIpc) is 4.17. The van der Waals surface area contributed by atoms with Crippen molar-refractivity contribution in [2.75, 3.05) is 4.90 Å². The Bertz CT molecular complexity index is 4160. The van der Waals surface area contributed by atoms with Gasteiger partial charge < -0.3 is 14.0 Å². The Morgan fingerprint density at radius 1 is 0.314 bits per heavy atom. The van der Waals surface area contributed by atoms with E-state index in [9.17, 15) is 0 Å². The number of rotatable bonds is 6. The fourth-order valence-corrected chi connectivity index (χ4v) is 12.3. The summed E-state index contributed by atoms with van der Waals surface area (Å²) < 4.78 is 4.71. The van der Waals surface area contributed by atoms with Crippen LogP contribution in [0.2, 0.25) is 0 Å². The normalized spacial score (nSPS) is 13.0. The van der Waals surface area contributed by atoms with Gasteiger partial charge in [0.05, 0.1) is 27.7 Å². The van der Waals surface area contributed by atoms with Crippen LogP contribution in [-0.2, 0) is 5.41 Å². The van der Waals surface area contributed by atoms with Crippen molar-refractivity contribution in [1.82, 2.24) is 9.13 Å². The van der Waals surface area contributed by atoms with Crippen LogP contribution in [0.25, 0.3) is 88.2 Å². The molecule has 15 rings (SSSR count). The van der Waals surface area contributed by atoms with Gasteiger partial charge in [-0.25, -0.2) is 0 Å². The average molecular weight is 890 g/mol. The van der Waals surface area contributed by atoms with Gasteiger partial charge in [-0.3, -0.25) is 0 Å². The molecule has 70 heavy (non-hydrogen) atoms. The molecule has 0 saturated carbocycles. The Morgan fingerprint density at radius 2 is 0.886 bits per heavy atom. The Balaban J connectivity index is 0.834. The number of nitrogens with zero attached hydrogens (tertiary/aromatic N) is 3. The van der Waals surface area contributed by atoms with Crippen LogP contribution in [0.15, 0.2) is 261 Å². The molecule has 0 radical (unpaired) electrons. The van der Waals surface area contributed by atoms with E-state index in [4.69, 9.17) is 0 Å². The molecule has 2 heterocycles. The van der Waals surface area contributed by atoms with Crippen LogP contribution in [0.1, 0.15) is 22.3 Å². The quantitative estimate of drug-likeness (QED) is 0.162. The van der Waals surface area contributed by atoms with E-state index >= 15 is 0 Å². The van der Waals surface area contributed by atoms with Crippen molar-refractivity contribution >= 4 is 60.5 Å². The molecule has 0 amide bonds. The summed E-state index contributed by atoms with van der Waals surface area (Å²) in [4.78, 5) is 2.46. The first-order chi connectivity index (χ1) is 34.7. The van der Waals surface area contributed by atoms with Crippen LogP contribution in [0.4, 0.5) is 17.1 Å². The minimum absolute atomic E-state index is 0.434. The van der Waals surface area contributed by atoms with E-state index in [0.717, 1.165) is 28.4 Å². The number of hydrogen-bond donors (Lipinski definition) is 0. The van der Waals surface area contributed by atoms with Gasteiger partial charge in [-0.1, -0.05) is 176 Å². The Hall–Kier alpha value is -9.18. The van der Waals surface area contributed by atoms with E-state index in [2.05, 4.69) is 275 Å². The summed E-state index contributed by atoms with van der Waals surface area (Å²) in [5, 5.41) is 6.17. The molecule has 2 aromatic heterocycles. The van der Waals surface area contributed by atoms with Gasteiger partial charge in [0, 0.05) is 50.5 Å². The second-order valence-electron chi connectivity index (χ2n) is 18.8. The molecule has 0 aliphatic heterocycles. The van der Waals surface area contributed by atoms with Crippen LogP contribution in [0.5, 0.6) is 0 Å². The van der Waals surface area contributed by atoms with Gasteiger partial charge in [0.25, 0.3) is 0 Å². The van der Waals surface area contributed by atoms with E-state index < -0.39 is 5.41 Å². The first-order valence-electron chi connectivity index (χ1n) is 24.2. The third kappa shape index (κ3) is 5.46.